The predicted octanol–water partition coefficient (Wildman–Crippen LogP) is 2.65. The van der Waals surface area contributed by atoms with E-state index in [4.69, 9.17) is 10.7 Å². The topological polar surface area (TPSA) is 87.9 Å². The molecule has 1 aliphatic heterocycles. The van der Waals surface area contributed by atoms with Gasteiger partial charge < -0.3 is 10.7 Å². The Hall–Kier alpha value is -2.51. The maximum atomic E-state index is 12.5. The van der Waals surface area contributed by atoms with Gasteiger partial charge in [0.25, 0.3) is 5.56 Å². The number of benzene rings is 1. The number of nitrogens with zero attached hydrogens (tertiary/aromatic N) is 3. The summed E-state index contributed by atoms with van der Waals surface area (Å²) in [7, 11) is 0. The van der Waals surface area contributed by atoms with Gasteiger partial charge in [0.1, 0.15) is 5.82 Å². The molecule has 2 aromatic heterocycles. The van der Waals surface area contributed by atoms with E-state index in [1.165, 1.54) is 4.88 Å². The second-order valence-electron chi connectivity index (χ2n) is 6.66. The fraction of sp³-hybridized carbons (Fsp3) is 0.316. The quantitative estimate of drug-likeness (QED) is 0.695. The van der Waals surface area contributed by atoms with Gasteiger partial charge in [-0.1, -0.05) is 0 Å². The Kier molecular flexibility index (Phi) is 4.34. The number of hydrogen-bond acceptors (Lipinski definition) is 6. The van der Waals surface area contributed by atoms with Crippen LogP contribution in [0.15, 0.2) is 29.1 Å². The summed E-state index contributed by atoms with van der Waals surface area (Å²) in [5.74, 6) is 0.598. The summed E-state index contributed by atoms with van der Waals surface area (Å²) >= 11 is 1.74. The molecule has 0 bridgehead atoms. The van der Waals surface area contributed by atoms with E-state index in [-0.39, 0.29) is 5.56 Å². The highest BCUT2D eigenvalue weighted by atomic mass is 32.1. The van der Waals surface area contributed by atoms with E-state index in [0.29, 0.717) is 18.1 Å². The molecule has 4 rings (SSSR count). The number of nitrogens with one attached hydrogen (secondary N) is 1. The molecule has 26 heavy (non-hydrogen) atoms. The molecule has 0 saturated carbocycles. The third kappa shape index (κ3) is 3.27. The van der Waals surface area contributed by atoms with Crippen molar-refractivity contribution in [1.29, 1.82) is 0 Å². The minimum absolute atomic E-state index is 0.0358. The number of rotatable bonds is 3. The van der Waals surface area contributed by atoms with Crippen molar-refractivity contribution in [2.24, 2.45) is 0 Å². The average Bonchev–Trinajstić information content (AvgIpc) is 2.92. The lowest BCUT2D eigenvalue weighted by atomic mass is 10.1. The molecule has 3 aromatic rings. The number of aryl methyl sites for hydroxylation is 2. The first-order valence-electron chi connectivity index (χ1n) is 8.63. The van der Waals surface area contributed by atoms with E-state index in [0.717, 1.165) is 47.0 Å². The second kappa shape index (κ2) is 6.66. The number of aromatic amines is 1. The van der Waals surface area contributed by atoms with Crippen LogP contribution in [0.4, 0.5) is 5.69 Å². The Morgan fingerprint density at radius 3 is 2.69 bits per heavy atom. The molecular formula is C19H21N5OS. The van der Waals surface area contributed by atoms with Crippen LogP contribution in [0, 0.1) is 13.8 Å². The molecule has 134 valence electrons. The smallest absolute Gasteiger partial charge is 0.254 e. The Morgan fingerprint density at radius 1 is 1.23 bits per heavy atom. The third-order valence-corrected chi connectivity index (χ3v) is 5.76. The lowest BCUT2D eigenvalue weighted by Gasteiger charge is -2.27. The van der Waals surface area contributed by atoms with Crippen LogP contribution in [0.5, 0.6) is 0 Å². The molecule has 0 amide bonds. The van der Waals surface area contributed by atoms with Gasteiger partial charge in [0, 0.05) is 41.3 Å². The number of anilines is 1. The highest BCUT2D eigenvalue weighted by molar-refractivity contribution is 7.11. The fourth-order valence-electron chi connectivity index (χ4n) is 3.33. The van der Waals surface area contributed by atoms with E-state index in [9.17, 15) is 4.79 Å². The molecule has 0 radical (unpaired) electrons. The van der Waals surface area contributed by atoms with Crippen LogP contribution in [-0.2, 0) is 19.5 Å². The minimum atomic E-state index is -0.0358. The van der Waals surface area contributed by atoms with Gasteiger partial charge in [0.05, 0.1) is 16.4 Å². The largest absolute Gasteiger partial charge is 0.399 e. The molecule has 0 fully saturated rings. The number of hydrogen-bond donors (Lipinski definition) is 2. The zero-order valence-electron chi connectivity index (χ0n) is 14.9. The zero-order chi connectivity index (χ0) is 18.3. The van der Waals surface area contributed by atoms with E-state index in [1.807, 2.05) is 31.2 Å². The summed E-state index contributed by atoms with van der Waals surface area (Å²) < 4.78 is 0. The van der Waals surface area contributed by atoms with Gasteiger partial charge in [-0.2, -0.15) is 0 Å². The van der Waals surface area contributed by atoms with Crippen LogP contribution in [0.25, 0.3) is 11.4 Å². The van der Waals surface area contributed by atoms with Crippen molar-refractivity contribution < 1.29 is 0 Å². The summed E-state index contributed by atoms with van der Waals surface area (Å²) in [6.07, 6.45) is 0.719. The summed E-state index contributed by atoms with van der Waals surface area (Å²) in [5, 5.41) is 1.09. The maximum absolute atomic E-state index is 12.5. The average molecular weight is 367 g/mol. The van der Waals surface area contributed by atoms with Crippen molar-refractivity contribution in [3.8, 4) is 11.4 Å². The molecule has 0 aliphatic carbocycles. The van der Waals surface area contributed by atoms with E-state index >= 15 is 0 Å². The Morgan fingerprint density at radius 2 is 2.00 bits per heavy atom. The Balaban J connectivity index is 1.62. The van der Waals surface area contributed by atoms with Gasteiger partial charge in [-0.25, -0.2) is 9.97 Å². The first-order valence-corrected chi connectivity index (χ1v) is 9.44. The number of H-pyrrole nitrogens is 1. The van der Waals surface area contributed by atoms with Crippen LogP contribution < -0.4 is 11.3 Å². The van der Waals surface area contributed by atoms with Crippen molar-refractivity contribution in [3.05, 3.63) is 61.5 Å². The molecule has 3 N–H and O–H groups in total. The van der Waals surface area contributed by atoms with Crippen molar-refractivity contribution in [2.45, 2.75) is 33.4 Å². The molecule has 0 unspecified atom stereocenters. The molecule has 6 nitrogen and oxygen atoms in total. The number of nitrogens with two attached hydrogens (primary N) is 1. The SMILES string of the molecule is Cc1nc(C)c(CN2CCc3c(nc(-c4ccc(N)cc4)[nH]c3=O)C2)s1. The van der Waals surface area contributed by atoms with Gasteiger partial charge >= 0.3 is 0 Å². The number of fused-ring (bicyclic) bond motifs is 1. The Labute approximate surface area is 155 Å². The highest BCUT2D eigenvalue weighted by Crippen LogP contribution is 2.24. The second-order valence-corrected chi connectivity index (χ2v) is 7.95. The molecule has 0 atom stereocenters. The summed E-state index contributed by atoms with van der Waals surface area (Å²) in [4.78, 5) is 28.3. The summed E-state index contributed by atoms with van der Waals surface area (Å²) in [5.41, 5.74) is 10.0. The maximum Gasteiger partial charge on any atom is 0.254 e. The highest BCUT2D eigenvalue weighted by Gasteiger charge is 2.22. The molecule has 0 spiro atoms. The Bertz CT molecular complexity index is 1010. The molecule has 1 aliphatic rings. The van der Waals surface area contributed by atoms with E-state index < -0.39 is 0 Å². The van der Waals surface area contributed by atoms with Gasteiger partial charge in [-0.05, 0) is 44.5 Å². The number of aromatic nitrogens is 3. The molecular weight excluding hydrogens is 346 g/mol. The van der Waals surface area contributed by atoms with Crippen LogP contribution in [0.3, 0.4) is 0 Å². The lowest BCUT2D eigenvalue weighted by Crippen LogP contribution is -2.35. The van der Waals surface area contributed by atoms with Crippen LogP contribution in [0.1, 0.15) is 26.8 Å². The summed E-state index contributed by atoms with van der Waals surface area (Å²) in [6, 6.07) is 7.39. The number of thiazole rings is 1. The standard InChI is InChI=1S/C19H21N5OS/c1-11-17(26-12(2)21-11)10-24-8-7-15-16(9-24)22-18(23-19(15)25)13-3-5-14(20)6-4-13/h3-6H,7-10,20H2,1-2H3,(H,22,23,25). The minimum Gasteiger partial charge on any atom is -0.399 e. The van der Waals surface area contributed by atoms with Crippen molar-refractivity contribution in [3.63, 3.8) is 0 Å². The van der Waals surface area contributed by atoms with Crippen molar-refractivity contribution >= 4 is 17.0 Å². The van der Waals surface area contributed by atoms with Crippen LogP contribution >= 0.6 is 11.3 Å². The van der Waals surface area contributed by atoms with Crippen molar-refractivity contribution in [1.82, 2.24) is 19.9 Å². The first kappa shape index (κ1) is 16.9. The molecule has 1 aromatic carbocycles. The lowest BCUT2D eigenvalue weighted by molar-refractivity contribution is 0.242. The monoisotopic (exact) mass is 367 g/mol. The van der Waals surface area contributed by atoms with Crippen molar-refractivity contribution in [2.75, 3.05) is 12.3 Å². The van der Waals surface area contributed by atoms with Gasteiger partial charge in [-0.3, -0.25) is 9.69 Å². The fourth-order valence-corrected chi connectivity index (χ4v) is 4.31. The van der Waals surface area contributed by atoms with Gasteiger partial charge in [0.2, 0.25) is 0 Å². The van der Waals surface area contributed by atoms with Gasteiger partial charge in [0.15, 0.2) is 0 Å². The van der Waals surface area contributed by atoms with Crippen LogP contribution in [0.2, 0.25) is 0 Å². The zero-order valence-corrected chi connectivity index (χ0v) is 15.7. The molecule has 7 heteroatoms. The normalized spacial score (nSPS) is 14.4. The summed E-state index contributed by atoms with van der Waals surface area (Å²) in [6.45, 7) is 6.47. The van der Waals surface area contributed by atoms with E-state index in [1.54, 1.807) is 11.3 Å². The third-order valence-electron chi connectivity index (χ3n) is 4.70. The van der Waals surface area contributed by atoms with Crippen LogP contribution in [-0.4, -0.2) is 26.4 Å². The predicted molar refractivity (Wildman–Crippen MR) is 104 cm³/mol. The first-order chi connectivity index (χ1) is 12.5. The van der Waals surface area contributed by atoms with Gasteiger partial charge in [-0.15, -0.1) is 11.3 Å². The molecule has 3 heterocycles. The van der Waals surface area contributed by atoms with E-state index in [2.05, 4.69) is 21.8 Å². The molecule has 0 saturated heterocycles. The number of nitrogen functional groups attached to an aromatic ring is 1.